The summed E-state index contributed by atoms with van der Waals surface area (Å²) in [4.78, 5) is 13.6. The Bertz CT molecular complexity index is 451. The normalized spacial score (nSPS) is 17.6. The summed E-state index contributed by atoms with van der Waals surface area (Å²) in [6.07, 6.45) is 4.60. The molecule has 1 aliphatic rings. The fourth-order valence-electron chi connectivity index (χ4n) is 2.07. The Kier molecular flexibility index (Phi) is 6.57. The van der Waals surface area contributed by atoms with Gasteiger partial charge in [-0.15, -0.1) is 13.2 Å². The van der Waals surface area contributed by atoms with E-state index >= 15 is 0 Å². The average molecular weight is 272 g/mol. The number of rotatable bonds is 3. The van der Waals surface area contributed by atoms with Crippen LogP contribution in [-0.4, -0.2) is 19.1 Å². The van der Waals surface area contributed by atoms with Gasteiger partial charge in [-0.25, -0.2) is 4.79 Å². The Hall–Kier alpha value is -2.03. The van der Waals surface area contributed by atoms with E-state index in [1.54, 1.807) is 11.0 Å². The number of urea groups is 1. The standard InChI is InChI=1S/C14H18N2O.C3H6/c1-3-4-12-9-15-14(17)16(10-12)13-7-5-11(2)6-8-13;1-3-2/h3,5-8,12H,1,4,9-10H2,2H3,(H,15,17);3H,1H2,2H3. The van der Waals surface area contributed by atoms with Gasteiger partial charge in [0, 0.05) is 18.8 Å². The summed E-state index contributed by atoms with van der Waals surface area (Å²) < 4.78 is 0. The Morgan fingerprint density at radius 3 is 2.50 bits per heavy atom. The van der Waals surface area contributed by atoms with Crippen molar-refractivity contribution in [1.82, 2.24) is 5.32 Å². The minimum absolute atomic E-state index is 0.00540. The SMILES string of the molecule is C=CC.C=CCC1CNC(=O)N(c2ccc(C)cc2)C1. The molecule has 1 atom stereocenters. The van der Waals surface area contributed by atoms with E-state index in [2.05, 4.69) is 18.5 Å². The molecule has 1 saturated heterocycles. The van der Waals surface area contributed by atoms with Crippen LogP contribution in [0.4, 0.5) is 10.5 Å². The summed E-state index contributed by atoms with van der Waals surface area (Å²) in [7, 11) is 0. The maximum absolute atomic E-state index is 11.8. The number of hydrogen-bond donors (Lipinski definition) is 1. The van der Waals surface area contributed by atoms with Crippen LogP contribution in [0.25, 0.3) is 0 Å². The largest absolute Gasteiger partial charge is 0.337 e. The van der Waals surface area contributed by atoms with Gasteiger partial charge in [-0.1, -0.05) is 29.8 Å². The van der Waals surface area contributed by atoms with E-state index in [4.69, 9.17) is 0 Å². The third kappa shape index (κ3) is 4.57. The molecule has 3 nitrogen and oxygen atoms in total. The molecule has 1 aliphatic heterocycles. The van der Waals surface area contributed by atoms with Gasteiger partial charge in [0.2, 0.25) is 0 Å². The van der Waals surface area contributed by atoms with Crippen LogP contribution >= 0.6 is 0 Å². The maximum Gasteiger partial charge on any atom is 0.321 e. The second-order valence-electron chi connectivity index (χ2n) is 4.93. The van der Waals surface area contributed by atoms with Crippen LogP contribution in [0.1, 0.15) is 18.9 Å². The molecule has 0 saturated carbocycles. The second kappa shape index (κ2) is 8.20. The van der Waals surface area contributed by atoms with Gasteiger partial charge in [0.05, 0.1) is 0 Å². The number of carbonyl (C=O) groups excluding carboxylic acids is 1. The number of hydrogen-bond acceptors (Lipinski definition) is 1. The number of benzene rings is 1. The van der Waals surface area contributed by atoms with Crippen molar-refractivity contribution in [2.45, 2.75) is 20.3 Å². The Morgan fingerprint density at radius 1 is 1.35 bits per heavy atom. The van der Waals surface area contributed by atoms with Gasteiger partial charge >= 0.3 is 6.03 Å². The van der Waals surface area contributed by atoms with Crippen molar-refractivity contribution in [2.24, 2.45) is 5.92 Å². The highest BCUT2D eigenvalue weighted by Gasteiger charge is 2.25. The van der Waals surface area contributed by atoms with Gasteiger partial charge in [-0.2, -0.15) is 0 Å². The quantitative estimate of drug-likeness (QED) is 0.831. The molecule has 2 amide bonds. The van der Waals surface area contributed by atoms with E-state index < -0.39 is 0 Å². The van der Waals surface area contributed by atoms with Crippen LogP contribution in [0.3, 0.4) is 0 Å². The predicted octanol–water partition coefficient (Wildman–Crippen LogP) is 3.91. The minimum atomic E-state index is -0.00540. The molecule has 0 aromatic heterocycles. The molecule has 0 aliphatic carbocycles. The highest BCUT2D eigenvalue weighted by Crippen LogP contribution is 2.20. The first-order chi connectivity index (χ1) is 9.62. The van der Waals surface area contributed by atoms with E-state index in [0.29, 0.717) is 5.92 Å². The number of nitrogens with one attached hydrogen (secondary N) is 1. The van der Waals surface area contributed by atoms with Crippen LogP contribution in [0.5, 0.6) is 0 Å². The van der Waals surface area contributed by atoms with Crippen molar-refractivity contribution in [3.8, 4) is 0 Å². The molecule has 1 N–H and O–H groups in total. The molecule has 1 aromatic rings. The number of allylic oxidation sites excluding steroid dienone is 2. The topological polar surface area (TPSA) is 32.3 Å². The Morgan fingerprint density at radius 2 is 1.95 bits per heavy atom. The Labute approximate surface area is 122 Å². The molecular weight excluding hydrogens is 248 g/mol. The first-order valence-electron chi connectivity index (χ1n) is 6.92. The van der Waals surface area contributed by atoms with Crippen molar-refractivity contribution >= 4 is 11.7 Å². The average Bonchev–Trinajstić information content (AvgIpc) is 2.43. The zero-order valence-electron chi connectivity index (χ0n) is 12.4. The summed E-state index contributed by atoms with van der Waals surface area (Å²) in [5, 5.41) is 2.92. The summed E-state index contributed by atoms with van der Waals surface area (Å²) in [5.74, 6) is 0.450. The zero-order valence-corrected chi connectivity index (χ0v) is 12.4. The molecule has 1 aromatic carbocycles. The van der Waals surface area contributed by atoms with Crippen LogP contribution in [-0.2, 0) is 0 Å². The Balaban J connectivity index is 0.000000612. The molecule has 0 spiro atoms. The number of amides is 2. The van der Waals surface area contributed by atoms with Gasteiger partial charge in [-0.05, 0) is 38.3 Å². The van der Waals surface area contributed by atoms with E-state index in [1.165, 1.54) is 5.56 Å². The van der Waals surface area contributed by atoms with Crippen LogP contribution < -0.4 is 10.2 Å². The highest BCUT2D eigenvalue weighted by atomic mass is 16.2. The summed E-state index contributed by atoms with van der Waals surface area (Å²) >= 11 is 0. The molecule has 0 radical (unpaired) electrons. The molecule has 0 bridgehead atoms. The van der Waals surface area contributed by atoms with Crippen molar-refractivity contribution in [3.05, 3.63) is 55.1 Å². The monoisotopic (exact) mass is 272 g/mol. The molecule has 20 heavy (non-hydrogen) atoms. The van der Waals surface area contributed by atoms with E-state index in [-0.39, 0.29) is 6.03 Å². The molecular formula is C17H24N2O. The van der Waals surface area contributed by atoms with Crippen molar-refractivity contribution in [1.29, 1.82) is 0 Å². The van der Waals surface area contributed by atoms with E-state index in [9.17, 15) is 4.79 Å². The summed E-state index contributed by atoms with van der Waals surface area (Å²) in [6.45, 7) is 12.6. The van der Waals surface area contributed by atoms with Crippen LogP contribution in [0, 0.1) is 12.8 Å². The van der Waals surface area contributed by atoms with Gasteiger partial charge in [0.1, 0.15) is 0 Å². The fraction of sp³-hybridized carbons (Fsp3) is 0.353. The predicted molar refractivity (Wildman–Crippen MR) is 86.1 cm³/mol. The zero-order chi connectivity index (χ0) is 15.0. The lowest BCUT2D eigenvalue weighted by Crippen LogP contribution is -2.51. The lowest BCUT2D eigenvalue weighted by molar-refractivity contribution is 0.237. The van der Waals surface area contributed by atoms with Crippen molar-refractivity contribution in [2.75, 3.05) is 18.0 Å². The maximum atomic E-state index is 11.8. The van der Waals surface area contributed by atoms with Gasteiger partial charge in [-0.3, -0.25) is 4.90 Å². The van der Waals surface area contributed by atoms with Crippen molar-refractivity contribution in [3.63, 3.8) is 0 Å². The fourth-order valence-corrected chi connectivity index (χ4v) is 2.07. The first-order valence-corrected chi connectivity index (χ1v) is 6.92. The minimum Gasteiger partial charge on any atom is -0.337 e. The van der Waals surface area contributed by atoms with Crippen molar-refractivity contribution < 1.29 is 4.79 Å². The highest BCUT2D eigenvalue weighted by molar-refractivity contribution is 5.92. The molecule has 2 rings (SSSR count). The molecule has 3 heteroatoms. The van der Waals surface area contributed by atoms with Crippen LogP contribution in [0.15, 0.2) is 49.6 Å². The molecule has 1 heterocycles. The van der Waals surface area contributed by atoms with Gasteiger partial charge in [0.15, 0.2) is 0 Å². The number of carbonyl (C=O) groups is 1. The number of nitrogens with zero attached hydrogens (tertiary/aromatic N) is 1. The van der Waals surface area contributed by atoms with Gasteiger partial charge in [0.25, 0.3) is 0 Å². The smallest absolute Gasteiger partial charge is 0.321 e. The molecule has 1 fully saturated rings. The summed E-state index contributed by atoms with van der Waals surface area (Å²) in [6, 6.07) is 8.03. The lowest BCUT2D eigenvalue weighted by atomic mass is 10.0. The van der Waals surface area contributed by atoms with E-state index in [1.807, 2.05) is 44.2 Å². The first kappa shape index (κ1) is 16.0. The summed E-state index contributed by atoms with van der Waals surface area (Å²) in [5.41, 5.74) is 2.16. The number of aryl methyl sites for hydroxylation is 1. The number of anilines is 1. The van der Waals surface area contributed by atoms with E-state index in [0.717, 1.165) is 25.2 Å². The molecule has 108 valence electrons. The van der Waals surface area contributed by atoms with Gasteiger partial charge < -0.3 is 5.32 Å². The third-order valence-corrected chi connectivity index (χ3v) is 3.07. The lowest BCUT2D eigenvalue weighted by Gasteiger charge is -2.33. The molecule has 1 unspecified atom stereocenters. The third-order valence-electron chi connectivity index (χ3n) is 3.07. The second-order valence-corrected chi connectivity index (χ2v) is 4.93. The van der Waals surface area contributed by atoms with Crippen LogP contribution in [0.2, 0.25) is 0 Å².